The Morgan fingerprint density at radius 3 is 2.79 bits per heavy atom. The maximum absolute atomic E-state index is 10.7. The third-order valence-electron chi connectivity index (χ3n) is 2.51. The second-order valence-corrected chi connectivity index (χ2v) is 3.87. The third kappa shape index (κ3) is 2.25. The molecule has 96 valence electrons. The number of imidazole rings is 1. The maximum atomic E-state index is 10.7. The molecule has 0 fully saturated rings. The van der Waals surface area contributed by atoms with Crippen LogP contribution in [0.5, 0.6) is 5.75 Å². The summed E-state index contributed by atoms with van der Waals surface area (Å²) < 4.78 is 6.97. The van der Waals surface area contributed by atoms with Gasteiger partial charge in [0, 0.05) is 0 Å². The molecule has 19 heavy (non-hydrogen) atoms. The first-order valence-corrected chi connectivity index (χ1v) is 5.57. The Kier molecular flexibility index (Phi) is 2.64. The average molecular weight is 258 g/mol. The Bertz CT molecular complexity index is 685. The number of aromatic carboxylic acids is 1. The van der Waals surface area contributed by atoms with Crippen LogP contribution in [-0.4, -0.2) is 30.7 Å². The predicted octanol–water partition coefficient (Wildman–Crippen LogP) is 1.33. The SMILES string of the molecule is O=C(O)c1cn2[nH]c(COc3ccccc3)nc2n1. The molecular formula is C12H10N4O3. The first-order valence-electron chi connectivity index (χ1n) is 5.57. The Morgan fingerprint density at radius 1 is 1.32 bits per heavy atom. The Morgan fingerprint density at radius 2 is 2.11 bits per heavy atom. The second-order valence-electron chi connectivity index (χ2n) is 3.87. The van der Waals surface area contributed by atoms with E-state index in [0.29, 0.717) is 11.6 Å². The number of carboxylic acids is 1. The number of nitrogens with one attached hydrogen (secondary N) is 1. The number of carboxylic acid groups (broad SMARTS) is 1. The predicted molar refractivity (Wildman–Crippen MR) is 65.1 cm³/mol. The van der Waals surface area contributed by atoms with Crippen molar-refractivity contribution in [2.75, 3.05) is 0 Å². The van der Waals surface area contributed by atoms with Gasteiger partial charge in [-0.25, -0.2) is 14.3 Å². The van der Waals surface area contributed by atoms with Crippen molar-refractivity contribution in [3.05, 3.63) is 48.0 Å². The van der Waals surface area contributed by atoms with Gasteiger partial charge < -0.3 is 9.84 Å². The summed E-state index contributed by atoms with van der Waals surface area (Å²) in [6.45, 7) is 0.260. The number of H-pyrrole nitrogens is 1. The fourth-order valence-corrected chi connectivity index (χ4v) is 1.65. The maximum Gasteiger partial charge on any atom is 0.356 e. The van der Waals surface area contributed by atoms with Crippen molar-refractivity contribution in [1.82, 2.24) is 19.6 Å². The van der Waals surface area contributed by atoms with Gasteiger partial charge >= 0.3 is 5.97 Å². The molecule has 0 amide bonds. The van der Waals surface area contributed by atoms with E-state index in [1.807, 2.05) is 30.3 Å². The van der Waals surface area contributed by atoms with Gasteiger partial charge in [0.05, 0.1) is 6.20 Å². The Labute approximate surface area is 107 Å². The molecule has 2 heterocycles. The molecular weight excluding hydrogens is 248 g/mol. The van der Waals surface area contributed by atoms with E-state index in [1.165, 1.54) is 10.7 Å². The summed E-state index contributed by atoms with van der Waals surface area (Å²) in [5, 5.41) is 11.7. The van der Waals surface area contributed by atoms with Crippen molar-refractivity contribution in [2.45, 2.75) is 6.61 Å². The number of aromatic amines is 1. The summed E-state index contributed by atoms with van der Waals surface area (Å²) in [7, 11) is 0. The number of benzene rings is 1. The van der Waals surface area contributed by atoms with Gasteiger partial charge in [-0.15, -0.1) is 0 Å². The number of aromatic nitrogens is 4. The standard InChI is InChI=1S/C12H10N4O3/c17-11(18)9-6-16-12(13-9)14-10(15-16)7-19-8-4-2-1-3-5-8/h1-6H,7H2,(H,17,18)(H,13,14,15). The van der Waals surface area contributed by atoms with E-state index < -0.39 is 5.97 Å². The van der Waals surface area contributed by atoms with Crippen LogP contribution in [0.1, 0.15) is 16.3 Å². The minimum Gasteiger partial charge on any atom is -0.486 e. The lowest BCUT2D eigenvalue weighted by Gasteiger charge is -2.02. The summed E-state index contributed by atoms with van der Waals surface area (Å²) in [4.78, 5) is 18.7. The molecule has 0 aliphatic heterocycles. The molecule has 0 saturated heterocycles. The van der Waals surface area contributed by atoms with E-state index in [9.17, 15) is 4.79 Å². The minimum atomic E-state index is -1.08. The van der Waals surface area contributed by atoms with Crippen molar-refractivity contribution in [1.29, 1.82) is 0 Å². The number of hydrogen-bond donors (Lipinski definition) is 2. The van der Waals surface area contributed by atoms with Crippen LogP contribution in [0.3, 0.4) is 0 Å². The number of hydrogen-bond acceptors (Lipinski definition) is 4. The molecule has 0 saturated carbocycles. The molecule has 1 aromatic carbocycles. The zero-order chi connectivity index (χ0) is 13.2. The zero-order valence-corrected chi connectivity index (χ0v) is 9.78. The summed E-state index contributed by atoms with van der Waals surface area (Å²) >= 11 is 0. The molecule has 0 unspecified atom stereocenters. The van der Waals surface area contributed by atoms with Crippen LogP contribution in [0.15, 0.2) is 36.5 Å². The highest BCUT2D eigenvalue weighted by molar-refractivity contribution is 5.85. The van der Waals surface area contributed by atoms with E-state index in [-0.39, 0.29) is 12.3 Å². The third-order valence-corrected chi connectivity index (χ3v) is 2.51. The largest absolute Gasteiger partial charge is 0.486 e. The van der Waals surface area contributed by atoms with Crippen LogP contribution in [0, 0.1) is 0 Å². The molecule has 7 heteroatoms. The first-order chi connectivity index (χ1) is 9.22. The smallest absolute Gasteiger partial charge is 0.356 e. The lowest BCUT2D eigenvalue weighted by Crippen LogP contribution is -1.99. The summed E-state index contributed by atoms with van der Waals surface area (Å²) in [6.07, 6.45) is 1.37. The van der Waals surface area contributed by atoms with Crippen LogP contribution in [0.4, 0.5) is 0 Å². The molecule has 0 radical (unpaired) electrons. The Balaban J connectivity index is 1.75. The summed E-state index contributed by atoms with van der Waals surface area (Å²) in [6, 6.07) is 9.35. The lowest BCUT2D eigenvalue weighted by atomic mass is 10.3. The van der Waals surface area contributed by atoms with E-state index in [1.54, 1.807) is 0 Å². The average Bonchev–Trinajstić information content (AvgIpc) is 2.95. The van der Waals surface area contributed by atoms with Gasteiger partial charge in [-0.2, -0.15) is 4.98 Å². The Hall–Kier alpha value is -2.83. The van der Waals surface area contributed by atoms with Crippen LogP contribution >= 0.6 is 0 Å². The van der Waals surface area contributed by atoms with E-state index >= 15 is 0 Å². The lowest BCUT2D eigenvalue weighted by molar-refractivity contribution is 0.0691. The van der Waals surface area contributed by atoms with Gasteiger partial charge in [0.25, 0.3) is 5.78 Å². The van der Waals surface area contributed by atoms with Gasteiger partial charge in [-0.1, -0.05) is 18.2 Å². The molecule has 0 bridgehead atoms. The number of fused-ring (bicyclic) bond motifs is 1. The number of para-hydroxylation sites is 1. The second kappa shape index (κ2) is 4.45. The number of nitrogens with zero attached hydrogens (tertiary/aromatic N) is 3. The van der Waals surface area contributed by atoms with Gasteiger partial charge in [0.15, 0.2) is 11.5 Å². The molecule has 0 spiro atoms. The number of ether oxygens (including phenoxy) is 1. The van der Waals surface area contributed by atoms with E-state index in [2.05, 4.69) is 15.1 Å². The van der Waals surface area contributed by atoms with Crippen molar-refractivity contribution in [3.63, 3.8) is 0 Å². The minimum absolute atomic E-state index is 0.0470. The number of carbonyl (C=O) groups is 1. The highest BCUT2D eigenvalue weighted by atomic mass is 16.5. The molecule has 3 rings (SSSR count). The topological polar surface area (TPSA) is 92.5 Å². The zero-order valence-electron chi connectivity index (χ0n) is 9.78. The molecule has 3 aromatic rings. The van der Waals surface area contributed by atoms with Crippen LogP contribution in [0.2, 0.25) is 0 Å². The van der Waals surface area contributed by atoms with Crippen molar-refractivity contribution >= 4 is 11.7 Å². The van der Waals surface area contributed by atoms with Gasteiger partial charge in [-0.05, 0) is 12.1 Å². The van der Waals surface area contributed by atoms with E-state index in [0.717, 1.165) is 5.75 Å². The van der Waals surface area contributed by atoms with Crippen molar-refractivity contribution in [3.8, 4) is 5.75 Å². The van der Waals surface area contributed by atoms with Crippen LogP contribution in [0.25, 0.3) is 5.78 Å². The van der Waals surface area contributed by atoms with Crippen LogP contribution in [-0.2, 0) is 6.61 Å². The first kappa shape index (κ1) is 11.3. The highest BCUT2D eigenvalue weighted by Crippen LogP contribution is 2.10. The quantitative estimate of drug-likeness (QED) is 0.736. The molecule has 2 N–H and O–H groups in total. The monoisotopic (exact) mass is 258 g/mol. The van der Waals surface area contributed by atoms with Crippen LogP contribution < -0.4 is 4.74 Å². The molecule has 0 aliphatic carbocycles. The van der Waals surface area contributed by atoms with Gasteiger partial charge in [0.2, 0.25) is 0 Å². The summed E-state index contributed by atoms with van der Waals surface area (Å²) in [5.74, 6) is 0.538. The fourth-order valence-electron chi connectivity index (χ4n) is 1.65. The number of rotatable bonds is 4. The van der Waals surface area contributed by atoms with Crippen molar-refractivity contribution in [2.24, 2.45) is 0 Å². The highest BCUT2D eigenvalue weighted by Gasteiger charge is 2.12. The van der Waals surface area contributed by atoms with Gasteiger partial charge in [-0.3, -0.25) is 5.10 Å². The normalized spacial score (nSPS) is 10.7. The van der Waals surface area contributed by atoms with Crippen molar-refractivity contribution < 1.29 is 14.6 Å². The van der Waals surface area contributed by atoms with Gasteiger partial charge in [0.1, 0.15) is 12.4 Å². The fraction of sp³-hybridized carbons (Fsp3) is 0.0833. The molecule has 2 aromatic heterocycles. The molecule has 7 nitrogen and oxygen atoms in total. The van der Waals surface area contributed by atoms with E-state index in [4.69, 9.17) is 9.84 Å². The molecule has 0 aliphatic rings. The molecule has 0 atom stereocenters. The summed E-state index contributed by atoms with van der Waals surface area (Å²) in [5.41, 5.74) is -0.0470.